The van der Waals surface area contributed by atoms with E-state index in [0.29, 0.717) is 6.54 Å². The summed E-state index contributed by atoms with van der Waals surface area (Å²) in [5.74, 6) is -0.106. The molecule has 116 valence electrons. The molecule has 0 aliphatic carbocycles. The molecule has 0 bridgehead atoms. The van der Waals surface area contributed by atoms with E-state index < -0.39 is 4.92 Å². The van der Waals surface area contributed by atoms with Crippen molar-refractivity contribution < 1.29 is 9.72 Å². The van der Waals surface area contributed by atoms with Crippen LogP contribution in [0.15, 0.2) is 24.3 Å². The first-order valence-electron chi connectivity index (χ1n) is 6.93. The predicted octanol–water partition coefficient (Wildman–Crippen LogP) is 2.36. The number of amides is 1. The summed E-state index contributed by atoms with van der Waals surface area (Å²) in [6.07, 6.45) is 1.06. The number of carbonyl (C=O) groups excluding carboxylic acids is 1. The van der Waals surface area contributed by atoms with Crippen molar-refractivity contribution in [3.63, 3.8) is 0 Å². The number of rotatable bonds is 6. The Balaban J connectivity index is 2.41. The standard InChI is InChI=1S/C15H23N3O3/c1-15(2,3)9-12(16)8-14(19)17-10-11-4-6-13(7-5-11)18(20)21/h4-7,12H,8-10,16H2,1-3H3,(H,17,19). The van der Waals surface area contributed by atoms with Crippen LogP contribution in [0, 0.1) is 15.5 Å². The minimum Gasteiger partial charge on any atom is -0.352 e. The van der Waals surface area contributed by atoms with Crippen molar-refractivity contribution in [3.05, 3.63) is 39.9 Å². The van der Waals surface area contributed by atoms with Gasteiger partial charge in [0.25, 0.3) is 5.69 Å². The van der Waals surface area contributed by atoms with E-state index in [2.05, 4.69) is 26.1 Å². The molecular formula is C15H23N3O3. The van der Waals surface area contributed by atoms with Crippen LogP contribution in [-0.4, -0.2) is 16.9 Å². The maximum Gasteiger partial charge on any atom is 0.269 e. The number of nitrogens with two attached hydrogens (primary N) is 1. The van der Waals surface area contributed by atoms with Gasteiger partial charge in [0.15, 0.2) is 0 Å². The van der Waals surface area contributed by atoms with Crippen molar-refractivity contribution in [2.75, 3.05) is 0 Å². The Kier molecular flexibility index (Phi) is 5.84. The molecule has 1 aromatic carbocycles. The van der Waals surface area contributed by atoms with Gasteiger partial charge in [-0.25, -0.2) is 0 Å². The fraction of sp³-hybridized carbons (Fsp3) is 0.533. The molecule has 6 heteroatoms. The van der Waals surface area contributed by atoms with E-state index in [1.54, 1.807) is 12.1 Å². The van der Waals surface area contributed by atoms with Crippen LogP contribution >= 0.6 is 0 Å². The molecule has 1 atom stereocenters. The maximum atomic E-state index is 11.8. The van der Waals surface area contributed by atoms with Crippen molar-refractivity contribution in [3.8, 4) is 0 Å². The summed E-state index contributed by atoms with van der Waals surface area (Å²) < 4.78 is 0. The smallest absolute Gasteiger partial charge is 0.269 e. The molecule has 0 aromatic heterocycles. The summed E-state index contributed by atoms with van der Waals surface area (Å²) >= 11 is 0. The van der Waals surface area contributed by atoms with Crippen LogP contribution in [0.1, 0.15) is 39.2 Å². The molecule has 1 rings (SSSR count). The number of nitrogens with zero attached hydrogens (tertiary/aromatic N) is 1. The summed E-state index contributed by atoms with van der Waals surface area (Å²) in [5.41, 5.74) is 6.90. The first-order valence-corrected chi connectivity index (χ1v) is 6.93. The molecule has 6 nitrogen and oxygen atoms in total. The van der Waals surface area contributed by atoms with Crippen molar-refractivity contribution in [2.45, 2.75) is 46.2 Å². The van der Waals surface area contributed by atoms with E-state index in [1.807, 2.05) is 0 Å². The zero-order valence-corrected chi connectivity index (χ0v) is 12.8. The second-order valence-corrected chi connectivity index (χ2v) is 6.43. The molecule has 0 fully saturated rings. The van der Waals surface area contributed by atoms with Crippen molar-refractivity contribution in [2.24, 2.45) is 11.1 Å². The van der Waals surface area contributed by atoms with Gasteiger partial charge in [0.1, 0.15) is 0 Å². The second-order valence-electron chi connectivity index (χ2n) is 6.43. The van der Waals surface area contributed by atoms with E-state index in [-0.39, 0.29) is 29.5 Å². The van der Waals surface area contributed by atoms with Gasteiger partial charge in [0, 0.05) is 31.1 Å². The van der Waals surface area contributed by atoms with Gasteiger partial charge in [0.2, 0.25) is 5.91 Å². The Morgan fingerprint density at radius 3 is 2.38 bits per heavy atom. The zero-order valence-electron chi connectivity index (χ0n) is 12.8. The molecule has 1 unspecified atom stereocenters. The third-order valence-corrected chi connectivity index (χ3v) is 2.96. The molecule has 3 N–H and O–H groups in total. The SMILES string of the molecule is CC(C)(C)CC(N)CC(=O)NCc1ccc([N+](=O)[O-])cc1. The molecule has 0 aliphatic heterocycles. The fourth-order valence-corrected chi connectivity index (χ4v) is 2.11. The fourth-order valence-electron chi connectivity index (χ4n) is 2.11. The van der Waals surface area contributed by atoms with Crippen LogP contribution in [0.5, 0.6) is 0 Å². The first kappa shape index (κ1) is 17.1. The highest BCUT2D eigenvalue weighted by atomic mass is 16.6. The van der Waals surface area contributed by atoms with Crippen molar-refractivity contribution >= 4 is 11.6 Å². The van der Waals surface area contributed by atoms with E-state index in [9.17, 15) is 14.9 Å². The van der Waals surface area contributed by atoms with Crippen LogP contribution in [0.25, 0.3) is 0 Å². The van der Waals surface area contributed by atoms with Crippen LogP contribution in [0.2, 0.25) is 0 Å². The van der Waals surface area contributed by atoms with E-state index in [4.69, 9.17) is 5.73 Å². The molecule has 0 spiro atoms. The molecule has 1 aromatic rings. The largest absolute Gasteiger partial charge is 0.352 e. The summed E-state index contributed by atoms with van der Waals surface area (Å²) in [6, 6.07) is 5.95. The summed E-state index contributed by atoms with van der Waals surface area (Å²) in [5, 5.41) is 13.3. The lowest BCUT2D eigenvalue weighted by Gasteiger charge is -2.22. The van der Waals surface area contributed by atoms with Crippen LogP contribution in [-0.2, 0) is 11.3 Å². The number of carbonyl (C=O) groups is 1. The number of nitrogens with one attached hydrogen (secondary N) is 1. The van der Waals surface area contributed by atoms with Gasteiger partial charge in [0.05, 0.1) is 4.92 Å². The minimum absolute atomic E-state index is 0.0391. The summed E-state index contributed by atoms with van der Waals surface area (Å²) in [6.45, 7) is 6.60. The van der Waals surface area contributed by atoms with Gasteiger partial charge < -0.3 is 11.1 Å². The van der Waals surface area contributed by atoms with Gasteiger partial charge in [-0.15, -0.1) is 0 Å². The highest BCUT2D eigenvalue weighted by Gasteiger charge is 2.18. The van der Waals surface area contributed by atoms with Gasteiger partial charge in [-0.2, -0.15) is 0 Å². The van der Waals surface area contributed by atoms with E-state index in [0.717, 1.165) is 12.0 Å². The normalized spacial score (nSPS) is 12.8. The Labute approximate surface area is 124 Å². The number of hydrogen-bond donors (Lipinski definition) is 2. The third-order valence-electron chi connectivity index (χ3n) is 2.96. The topological polar surface area (TPSA) is 98.3 Å². The Morgan fingerprint density at radius 2 is 1.90 bits per heavy atom. The molecule has 0 heterocycles. The molecular weight excluding hydrogens is 270 g/mol. The number of nitro groups is 1. The van der Waals surface area contributed by atoms with Crippen molar-refractivity contribution in [1.82, 2.24) is 5.32 Å². The predicted molar refractivity (Wildman–Crippen MR) is 81.6 cm³/mol. The summed E-state index contributed by atoms with van der Waals surface area (Å²) in [4.78, 5) is 21.9. The number of nitro benzene ring substituents is 1. The van der Waals surface area contributed by atoms with E-state index in [1.165, 1.54) is 12.1 Å². The molecule has 1 amide bonds. The number of hydrogen-bond acceptors (Lipinski definition) is 4. The lowest BCUT2D eigenvalue weighted by molar-refractivity contribution is -0.384. The first-order chi connectivity index (χ1) is 9.67. The lowest BCUT2D eigenvalue weighted by Crippen LogP contribution is -2.33. The Bertz CT molecular complexity index is 492. The zero-order chi connectivity index (χ0) is 16.0. The number of non-ortho nitro benzene ring substituents is 1. The molecule has 21 heavy (non-hydrogen) atoms. The van der Waals surface area contributed by atoms with Crippen LogP contribution in [0.4, 0.5) is 5.69 Å². The maximum absolute atomic E-state index is 11.8. The molecule has 0 aliphatic rings. The number of benzene rings is 1. The average Bonchev–Trinajstić information content (AvgIpc) is 2.34. The van der Waals surface area contributed by atoms with Gasteiger partial charge >= 0.3 is 0 Å². The van der Waals surface area contributed by atoms with Gasteiger partial charge in [-0.1, -0.05) is 32.9 Å². The quantitative estimate of drug-likeness (QED) is 0.621. The van der Waals surface area contributed by atoms with Crippen molar-refractivity contribution in [1.29, 1.82) is 0 Å². The van der Waals surface area contributed by atoms with Gasteiger partial charge in [-0.3, -0.25) is 14.9 Å². The van der Waals surface area contributed by atoms with Crippen LogP contribution < -0.4 is 11.1 Å². The molecule has 0 radical (unpaired) electrons. The highest BCUT2D eigenvalue weighted by molar-refractivity contribution is 5.76. The van der Waals surface area contributed by atoms with Crippen LogP contribution in [0.3, 0.4) is 0 Å². The monoisotopic (exact) mass is 293 g/mol. The van der Waals surface area contributed by atoms with E-state index >= 15 is 0 Å². The summed E-state index contributed by atoms with van der Waals surface area (Å²) in [7, 11) is 0. The lowest BCUT2D eigenvalue weighted by atomic mass is 9.87. The average molecular weight is 293 g/mol. The highest BCUT2D eigenvalue weighted by Crippen LogP contribution is 2.21. The minimum atomic E-state index is -0.451. The second kappa shape index (κ2) is 7.17. The molecule has 0 saturated carbocycles. The van der Waals surface area contributed by atoms with Gasteiger partial charge in [-0.05, 0) is 17.4 Å². The third kappa shape index (κ3) is 6.85. The Morgan fingerprint density at radius 1 is 1.33 bits per heavy atom. The molecule has 0 saturated heterocycles. The Hall–Kier alpha value is -1.95.